The van der Waals surface area contributed by atoms with Gasteiger partial charge in [0.1, 0.15) is 17.2 Å². The molecule has 1 amide bonds. The van der Waals surface area contributed by atoms with Gasteiger partial charge in [-0.05, 0) is 44.3 Å². The molecule has 0 heterocycles. The Balaban J connectivity index is 2.12. The third kappa shape index (κ3) is 5.37. The van der Waals surface area contributed by atoms with Gasteiger partial charge < -0.3 is 19.5 Å². The first-order valence-corrected chi connectivity index (χ1v) is 9.24. The number of ether oxygens (including phenoxy) is 3. The summed E-state index contributed by atoms with van der Waals surface area (Å²) in [6.07, 6.45) is 0. The SMILES string of the molecule is COc1ccc(OC)c(NC(=O)C(C)N(C)Cc2cc(Br)ccc2OC)c1. The minimum atomic E-state index is -0.371. The van der Waals surface area contributed by atoms with Crippen LogP contribution in [0.1, 0.15) is 12.5 Å². The van der Waals surface area contributed by atoms with Crippen LogP contribution in [-0.4, -0.2) is 45.2 Å². The maximum atomic E-state index is 12.7. The van der Waals surface area contributed by atoms with E-state index in [1.54, 1.807) is 39.5 Å². The highest BCUT2D eigenvalue weighted by Gasteiger charge is 2.21. The van der Waals surface area contributed by atoms with Crippen LogP contribution < -0.4 is 19.5 Å². The van der Waals surface area contributed by atoms with Crippen molar-refractivity contribution in [3.05, 3.63) is 46.4 Å². The fourth-order valence-electron chi connectivity index (χ4n) is 2.63. The van der Waals surface area contributed by atoms with E-state index in [0.29, 0.717) is 23.7 Å². The van der Waals surface area contributed by atoms with E-state index in [1.807, 2.05) is 37.1 Å². The molecule has 2 rings (SSSR count). The van der Waals surface area contributed by atoms with Crippen LogP contribution in [-0.2, 0) is 11.3 Å². The monoisotopic (exact) mass is 436 g/mol. The molecule has 27 heavy (non-hydrogen) atoms. The second-order valence-electron chi connectivity index (χ2n) is 6.10. The summed E-state index contributed by atoms with van der Waals surface area (Å²) in [5.41, 5.74) is 1.56. The molecule has 0 aliphatic carbocycles. The summed E-state index contributed by atoms with van der Waals surface area (Å²) >= 11 is 3.48. The zero-order chi connectivity index (χ0) is 20.0. The summed E-state index contributed by atoms with van der Waals surface area (Å²) in [5.74, 6) is 1.86. The standard InChI is InChI=1S/C20H25BrN2O4/c1-13(23(2)12-14-10-15(21)6-8-18(14)26-4)20(24)22-17-11-16(25-3)7-9-19(17)27-5/h6-11,13H,12H2,1-5H3,(H,22,24). The Hall–Kier alpha value is -2.25. The van der Waals surface area contributed by atoms with Gasteiger partial charge in [0.05, 0.1) is 33.1 Å². The lowest BCUT2D eigenvalue weighted by Gasteiger charge is -2.25. The predicted octanol–water partition coefficient (Wildman–Crippen LogP) is 3.93. The van der Waals surface area contributed by atoms with Crippen LogP contribution >= 0.6 is 15.9 Å². The van der Waals surface area contributed by atoms with Crippen molar-refractivity contribution in [1.29, 1.82) is 0 Å². The van der Waals surface area contributed by atoms with E-state index >= 15 is 0 Å². The lowest BCUT2D eigenvalue weighted by atomic mass is 10.1. The largest absolute Gasteiger partial charge is 0.497 e. The maximum Gasteiger partial charge on any atom is 0.241 e. The van der Waals surface area contributed by atoms with Crippen LogP contribution in [0.4, 0.5) is 5.69 Å². The number of hydrogen-bond donors (Lipinski definition) is 1. The van der Waals surface area contributed by atoms with Crippen LogP contribution in [0.25, 0.3) is 0 Å². The Labute approximate surface area is 168 Å². The first-order chi connectivity index (χ1) is 12.9. The summed E-state index contributed by atoms with van der Waals surface area (Å²) in [7, 11) is 6.67. The van der Waals surface area contributed by atoms with Crippen molar-refractivity contribution < 1.29 is 19.0 Å². The maximum absolute atomic E-state index is 12.7. The van der Waals surface area contributed by atoms with Crippen molar-refractivity contribution in [2.75, 3.05) is 33.7 Å². The number of methoxy groups -OCH3 is 3. The Bertz CT molecular complexity index is 798. The average molecular weight is 437 g/mol. The van der Waals surface area contributed by atoms with Gasteiger partial charge in [-0.15, -0.1) is 0 Å². The minimum Gasteiger partial charge on any atom is -0.497 e. The second kappa shape index (κ2) is 9.62. The number of nitrogens with one attached hydrogen (secondary N) is 1. The highest BCUT2D eigenvalue weighted by atomic mass is 79.9. The molecule has 0 saturated carbocycles. The van der Waals surface area contributed by atoms with E-state index in [0.717, 1.165) is 15.8 Å². The lowest BCUT2D eigenvalue weighted by molar-refractivity contribution is -0.120. The molecular weight excluding hydrogens is 412 g/mol. The Morgan fingerprint density at radius 1 is 1.07 bits per heavy atom. The number of likely N-dealkylation sites (N-methyl/N-ethyl adjacent to an activating group) is 1. The van der Waals surface area contributed by atoms with Crippen LogP contribution in [0.3, 0.4) is 0 Å². The van der Waals surface area contributed by atoms with Crippen molar-refractivity contribution in [2.24, 2.45) is 0 Å². The van der Waals surface area contributed by atoms with Crippen LogP contribution in [0, 0.1) is 0 Å². The highest BCUT2D eigenvalue weighted by molar-refractivity contribution is 9.10. The van der Waals surface area contributed by atoms with Crippen LogP contribution in [0.2, 0.25) is 0 Å². The summed E-state index contributed by atoms with van der Waals surface area (Å²) in [6.45, 7) is 2.42. The zero-order valence-corrected chi connectivity index (χ0v) is 17.8. The van der Waals surface area contributed by atoms with Crippen LogP contribution in [0.15, 0.2) is 40.9 Å². The van der Waals surface area contributed by atoms with Gasteiger partial charge in [-0.25, -0.2) is 0 Å². The Kier molecular flexibility index (Phi) is 7.50. The predicted molar refractivity (Wildman–Crippen MR) is 110 cm³/mol. The highest BCUT2D eigenvalue weighted by Crippen LogP contribution is 2.29. The van der Waals surface area contributed by atoms with E-state index in [9.17, 15) is 4.79 Å². The molecule has 0 radical (unpaired) electrons. The third-order valence-corrected chi connectivity index (χ3v) is 4.86. The van der Waals surface area contributed by atoms with Gasteiger partial charge in [-0.3, -0.25) is 9.69 Å². The summed E-state index contributed by atoms with van der Waals surface area (Å²) in [4.78, 5) is 14.7. The van der Waals surface area contributed by atoms with Crippen molar-refractivity contribution >= 4 is 27.5 Å². The Morgan fingerprint density at radius 2 is 1.74 bits per heavy atom. The molecule has 0 bridgehead atoms. The quantitative estimate of drug-likeness (QED) is 0.678. The first-order valence-electron chi connectivity index (χ1n) is 8.45. The van der Waals surface area contributed by atoms with E-state index < -0.39 is 0 Å². The molecule has 2 aromatic carbocycles. The van der Waals surface area contributed by atoms with Crippen molar-refractivity contribution in [3.63, 3.8) is 0 Å². The number of anilines is 1. The van der Waals surface area contributed by atoms with Gasteiger partial charge >= 0.3 is 0 Å². The van der Waals surface area contributed by atoms with Crippen molar-refractivity contribution in [1.82, 2.24) is 4.90 Å². The molecule has 0 aromatic heterocycles. The normalized spacial score (nSPS) is 11.8. The van der Waals surface area contributed by atoms with E-state index in [-0.39, 0.29) is 11.9 Å². The molecular formula is C20H25BrN2O4. The molecule has 1 atom stereocenters. The number of amides is 1. The number of rotatable bonds is 8. The smallest absolute Gasteiger partial charge is 0.241 e. The lowest BCUT2D eigenvalue weighted by Crippen LogP contribution is -2.39. The number of halogens is 1. The first kappa shape index (κ1) is 21.1. The number of nitrogens with zero attached hydrogens (tertiary/aromatic N) is 1. The number of carbonyl (C=O) groups excluding carboxylic acids is 1. The molecule has 6 nitrogen and oxygen atoms in total. The number of benzene rings is 2. The number of hydrogen-bond acceptors (Lipinski definition) is 5. The van der Waals surface area contributed by atoms with Crippen molar-refractivity contribution in [2.45, 2.75) is 19.5 Å². The molecule has 7 heteroatoms. The fraction of sp³-hybridized carbons (Fsp3) is 0.350. The van der Waals surface area contributed by atoms with Gasteiger partial charge in [0.25, 0.3) is 0 Å². The molecule has 0 spiro atoms. The molecule has 0 fully saturated rings. The number of carbonyl (C=O) groups is 1. The van der Waals surface area contributed by atoms with Gasteiger partial charge in [0.2, 0.25) is 5.91 Å². The molecule has 1 unspecified atom stereocenters. The summed E-state index contributed by atoms with van der Waals surface area (Å²) in [6, 6.07) is 10.7. The molecule has 146 valence electrons. The van der Waals surface area contributed by atoms with E-state index in [4.69, 9.17) is 14.2 Å². The van der Waals surface area contributed by atoms with Gasteiger partial charge in [0, 0.05) is 22.6 Å². The van der Waals surface area contributed by atoms with Crippen molar-refractivity contribution in [3.8, 4) is 17.2 Å². The minimum absolute atomic E-state index is 0.141. The van der Waals surface area contributed by atoms with Gasteiger partial charge in [0.15, 0.2) is 0 Å². The third-order valence-electron chi connectivity index (χ3n) is 4.37. The molecule has 1 N–H and O–H groups in total. The van der Waals surface area contributed by atoms with Crippen LogP contribution in [0.5, 0.6) is 17.2 Å². The zero-order valence-electron chi connectivity index (χ0n) is 16.2. The second-order valence-corrected chi connectivity index (χ2v) is 7.02. The molecule has 0 aliphatic rings. The average Bonchev–Trinajstić information content (AvgIpc) is 2.67. The van der Waals surface area contributed by atoms with Gasteiger partial charge in [-0.2, -0.15) is 0 Å². The van der Waals surface area contributed by atoms with E-state index in [1.165, 1.54) is 0 Å². The van der Waals surface area contributed by atoms with Gasteiger partial charge in [-0.1, -0.05) is 15.9 Å². The summed E-state index contributed by atoms with van der Waals surface area (Å²) < 4.78 is 16.9. The topological polar surface area (TPSA) is 60.0 Å². The Morgan fingerprint density at radius 3 is 2.37 bits per heavy atom. The molecule has 2 aromatic rings. The fourth-order valence-corrected chi connectivity index (χ4v) is 3.03. The van der Waals surface area contributed by atoms with E-state index in [2.05, 4.69) is 21.2 Å². The molecule has 0 saturated heterocycles. The molecule has 0 aliphatic heterocycles. The summed E-state index contributed by atoms with van der Waals surface area (Å²) in [5, 5.41) is 2.92.